The summed E-state index contributed by atoms with van der Waals surface area (Å²) in [5, 5.41) is 0. The maximum atomic E-state index is 15.1. The third-order valence-electron chi connectivity index (χ3n) is 5.58. The Kier molecular flexibility index (Phi) is 6.76. The Morgan fingerprint density at radius 3 is 2.48 bits per heavy atom. The van der Waals surface area contributed by atoms with Crippen LogP contribution >= 0.6 is 15.9 Å². The van der Waals surface area contributed by atoms with E-state index in [2.05, 4.69) is 25.8 Å². The Morgan fingerprint density at radius 1 is 1.06 bits per heavy atom. The van der Waals surface area contributed by atoms with Crippen molar-refractivity contribution in [1.29, 1.82) is 0 Å². The predicted molar refractivity (Wildman–Crippen MR) is 123 cm³/mol. The Bertz CT molecular complexity index is 1240. The van der Waals surface area contributed by atoms with Crippen molar-refractivity contribution in [3.63, 3.8) is 0 Å². The average molecular weight is 523 g/mol. The molecule has 0 amide bonds. The van der Waals surface area contributed by atoms with Gasteiger partial charge in [0.1, 0.15) is 40.0 Å². The van der Waals surface area contributed by atoms with Gasteiger partial charge in [-0.2, -0.15) is 4.98 Å². The number of aromatic nitrogens is 2. The van der Waals surface area contributed by atoms with Gasteiger partial charge in [0.05, 0.1) is 5.69 Å². The van der Waals surface area contributed by atoms with Crippen molar-refractivity contribution in [2.75, 3.05) is 38.1 Å². The number of likely N-dealkylation sites (N-methyl/N-ethyl adjacent to an activating group) is 1. The number of nitrogens with zero attached hydrogens (tertiary/aromatic N) is 4. The molecular weight excluding hydrogens is 501 g/mol. The van der Waals surface area contributed by atoms with E-state index in [1.807, 2.05) is 11.9 Å². The highest BCUT2D eigenvalue weighted by Gasteiger charge is 2.24. The molecule has 0 spiro atoms. The molecule has 33 heavy (non-hydrogen) atoms. The van der Waals surface area contributed by atoms with Crippen molar-refractivity contribution in [3.05, 3.63) is 80.1 Å². The molecule has 4 rings (SSSR count). The molecule has 0 unspecified atom stereocenters. The van der Waals surface area contributed by atoms with Crippen LogP contribution in [-0.4, -0.2) is 47.7 Å². The smallest absolute Gasteiger partial charge is 0.276 e. The summed E-state index contributed by atoms with van der Waals surface area (Å²) < 4.78 is 48.8. The van der Waals surface area contributed by atoms with E-state index in [0.29, 0.717) is 18.8 Å². The first kappa shape index (κ1) is 23.3. The SMILES string of the molecule is Cc1nc(OCc2ccc(F)cc2F)c(Br)c(=O)n1-c1c(F)cccc1N1CCN(C)CC1. The first-order valence-corrected chi connectivity index (χ1v) is 11.1. The largest absolute Gasteiger partial charge is 0.472 e. The van der Waals surface area contributed by atoms with Crippen molar-refractivity contribution in [2.24, 2.45) is 0 Å². The van der Waals surface area contributed by atoms with Crippen molar-refractivity contribution in [2.45, 2.75) is 13.5 Å². The van der Waals surface area contributed by atoms with Gasteiger partial charge in [0, 0.05) is 37.8 Å². The van der Waals surface area contributed by atoms with E-state index in [-0.39, 0.29) is 34.0 Å². The maximum Gasteiger partial charge on any atom is 0.276 e. The summed E-state index contributed by atoms with van der Waals surface area (Å²) in [7, 11) is 2.02. The molecule has 1 aliphatic heterocycles. The zero-order valence-electron chi connectivity index (χ0n) is 18.1. The van der Waals surface area contributed by atoms with E-state index in [1.54, 1.807) is 19.1 Å². The van der Waals surface area contributed by atoms with Crippen LogP contribution in [0, 0.1) is 24.4 Å². The normalized spacial score (nSPS) is 14.5. The zero-order chi connectivity index (χ0) is 23.7. The van der Waals surface area contributed by atoms with E-state index in [9.17, 15) is 13.6 Å². The molecular formula is C23H22BrF3N4O2. The van der Waals surface area contributed by atoms with Crippen LogP contribution in [0.15, 0.2) is 45.7 Å². The highest BCUT2D eigenvalue weighted by atomic mass is 79.9. The van der Waals surface area contributed by atoms with Gasteiger partial charge in [-0.1, -0.05) is 6.07 Å². The molecule has 0 atom stereocenters. The number of aryl methyl sites for hydroxylation is 1. The summed E-state index contributed by atoms with van der Waals surface area (Å²) in [4.78, 5) is 21.8. The van der Waals surface area contributed by atoms with E-state index < -0.39 is 23.0 Å². The van der Waals surface area contributed by atoms with Gasteiger partial charge in [0.25, 0.3) is 5.56 Å². The zero-order valence-corrected chi connectivity index (χ0v) is 19.7. The molecule has 1 saturated heterocycles. The number of hydrogen-bond donors (Lipinski definition) is 0. The van der Waals surface area contributed by atoms with Gasteiger partial charge in [-0.25, -0.2) is 13.2 Å². The lowest BCUT2D eigenvalue weighted by atomic mass is 10.2. The minimum Gasteiger partial charge on any atom is -0.472 e. The van der Waals surface area contributed by atoms with E-state index in [4.69, 9.17) is 4.74 Å². The molecule has 0 radical (unpaired) electrons. The molecule has 10 heteroatoms. The Labute approximate surface area is 197 Å². The van der Waals surface area contributed by atoms with Crippen LogP contribution in [-0.2, 0) is 6.61 Å². The van der Waals surface area contributed by atoms with Gasteiger partial charge >= 0.3 is 0 Å². The van der Waals surface area contributed by atoms with Crippen molar-refractivity contribution in [1.82, 2.24) is 14.5 Å². The molecule has 2 heterocycles. The molecule has 174 valence electrons. The standard InChI is InChI=1S/C23H22BrF3N4O2/c1-14-28-22(33-13-15-6-7-16(25)12-18(15)27)20(24)23(32)31(14)21-17(26)4-3-5-19(21)30-10-8-29(2)9-11-30/h3-7,12H,8-11,13H2,1-2H3. The number of anilines is 1. The van der Waals surface area contributed by atoms with Crippen LogP contribution in [0.1, 0.15) is 11.4 Å². The maximum absolute atomic E-state index is 15.1. The number of piperazine rings is 1. The fraction of sp³-hybridized carbons (Fsp3) is 0.304. The van der Waals surface area contributed by atoms with Gasteiger partial charge in [-0.3, -0.25) is 9.36 Å². The first-order valence-electron chi connectivity index (χ1n) is 10.3. The number of hydrogen-bond acceptors (Lipinski definition) is 5. The summed E-state index contributed by atoms with van der Waals surface area (Å²) in [6.45, 7) is 4.34. The van der Waals surface area contributed by atoms with Crippen LogP contribution in [0.25, 0.3) is 5.69 Å². The lowest BCUT2D eigenvalue weighted by molar-refractivity contribution is 0.283. The highest BCUT2D eigenvalue weighted by Crippen LogP contribution is 2.30. The average Bonchev–Trinajstić information content (AvgIpc) is 2.78. The Morgan fingerprint density at radius 2 is 1.79 bits per heavy atom. The lowest BCUT2D eigenvalue weighted by Gasteiger charge is -2.35. The molecule has 0 bridgehead atoms. The van der Waals surface area contributed by atoms with E-state index in [1.165, 1.54) is 16.7 Å². The summed E-state index contributed by atoms with van der Waals surface area (Å²) >= 11 is 3.20. The molecule has 0 aliphatic carbocycles. The van der Waals surface area contributed by atoms with Gasteiger partial charge in [-0.05, 0) is 54.2 Å². The summed E-state index contributed by atoms with van der Waals surface area (Å²) in [5.41, 5.74) is 0.272. The quantitative estimate of drug-likeness (QED) is 0.506. The van der Waals surface area contributed by atoms with Crippen molar-refractivity contribution >= 4 is 21.6 Å². The number of ether oxygens (including phenoxy) is 1. The molecule has 0 N–H and O–H groups in total. The topological polar surface area (TPSA) is 50.6 Å². The second kappa shape index (κ2) is 9.56. The second-order valence-electron chi connectivity index (χ2n) is 7.84. The summed E-state index contributed by atoms with van der Waals surface area (Å²) in [6, 6.07) is 7.83. The number of benzene rings is 2. The molecule has 3 aromatic rings. The third kappa shape index (κ3) is 4.77. The van der Waals surface area contributed by atoms with Crippen LogP contribution in [0.3, 0.4) is 0 Å². The Balaban J connectivity index is 1.70. The van der Waals surface area contributed by atoms with Gasteiger partial charge in [0.15, 0.2) is 0 Å². The van der Waals surface area contributed by atoms with E-state index >= 15 is 4.39 Å². The van der Waals surface area contributed by atoms with Crippen LogP contribution in [0.4, 0.5) is 18.9 Å². The van der Waals surface area contributed by atoms with Crippen LogP contribution in [0.2, 0.25) is 0 Å². The summed E-state index contributed by atoms with van der Waals surface area (Å²) in [5.74, 6) is -1.87. The van der Waals surface area contributed by atoms with Crippen LogP contribution < -0.4 is 15.2 Å². The third-order valence-corrected chi connectivity index (χ3v) is 6.26. The molecule has 2 aromatic carbocycles. The van der Waals surface area contributed by atoms with Gasteiger partial charge < -0.3 is 14.5 Å². The molecule has 1 fully saturated rings. The number of rotatable bonds is 5. The molecule has 1 aromatic heterocycles. The van der Waals surface area contributed by atoms with Crippen LogP contribution in [0.5, 0.6) is 5.88 Å². The van der Waals surface area contributed by atoms with Crippen molar-refractivity contribution < 1.29 is 17.9 Å². The highest BCUT2D eigenvalue weighted by molar-refractivity contribution is 9.10. The molecule has 6 nitrogen and oxygen atoms in total. The number of halogens is 4. The minimum atomic E-state index is -0.764. The first-order chi connectivity index (χ1) is 15.8. The second-order valence-corrected chi connectivity index (χ2v) is 8.63. The van der Waals surface area contributed by atoms with Gasteiger partial charge in [-0.15, -0.1) is 0 Å². The lowest BCUT2D eigenvalue weighted by Crippen LogP contribution is -2.45. The number of para-hydroxylation sites is 1. The molecule has 1 aliphatic rings. The molecule has 0 saturated carbocycles. The van der Waals surface area contributed by atoms with Gasteiger partial charge in [0.2, 0.25) is 5.88 Å². The predicted octanol–water partition coefficient (Wildman–Crippen LogP) is 4.05. The van der Waals surface area contributed by atoms with E-state index in [0.717, 1.165) is 25.2 Å². The summed E-state index contributed by atoms with van der Waals surface area (Å²) in [6.07, 6.45) is 0. The Hall–Kier alpha value is -2.85. The monoisotopic (exact) mass is 522 g/mol. The van der Waals surface area contributed by atoms with Crippen molar-refractivity contribution in [3.8, 4) is 11.6 Å². The fourth-order valence-electron chi connectivity index (χ4n) is 3.75. The minimum absolute atomic E-state index is 0.0248. The fourth-order valence-corrected chi connectivity index (χ4v) is 4.13.